The third-order valence-corrected chi connectivity index (χ3v) is 18.9. The van der Waals surface area contributed by atoms with E-state index in [0.717, 1.165) is 36.6 Å². The molecule has 2 aromatic carbocycles. The molecule has 0 bridgehead atoms. The van der Waals surface area contributed by atoms with E-state index in [1.54, 1.807) is 66.1 Å². The number of rotatable bonds is 15. The van der Waals surface area contributed by atoms with Crippen LogP contribution >= 0.6 is 0 Å². The largest absolute Gasteiger partial charge is 0.450 e. The zero-order valence-electron chi connectivity index (χ0n) is 57.6. The van der Waals surface area contributed by atoms with Crippen LogP contribution in [-0.2, 0) is 60.7 Å². The summed E-state index contributed by atoms with van der Waals surface area (Å²) in [6.45, 7) is 24.7. The molecule has 11 atom stereocenters. The number of carbonyl (C=O) groups is 9. The molecule has 3 aromatic rings. The molecule has 506 valence electrons. The van der Waals surface area contributed by atoms with Crippen molar-refractivity contribution in [3.63, 3.8) is 0 Å². The SMILES string of the molecule is CC[C@H](C)[C@@H]1NC(=O)[C@@H]2CCCN2C(=O)[C@H](Cc2cccc(-c3cnc(N4CCC(C)CC4)cn3)c2)N(C)C(=O)[C@H](Cc2ccccc2)NC(=O)C(C(C)C)N(C)C(=O)[C@@H]([C@@H](C)CC)OC(=O)[C@H](C(C)(C)O)N(C)C(=O)[C@H](CC(C)C)NC(=O)C(C(C)C)N(C)C1=O. The summed E-state index contributed by atoms with van der Waals surface area (Å²) in [6.07, 6.45) is 5.46. The lowest BCUT2D eigenvalue weighted by molar-refractivity contribution is -0.177. The number of hydrogen-bond acceptors (Lipinski definition) is 14. The zero-order valence-corrected chi connectivity index (χ0v) is 57.6. The van der Waals surface area contributed by atoms with Gasteiger partial charge in [0.05, 0.1) is 23.7 Å². The molecule has 22 heteroatoms. The molecule has 3 fully saturated rings. The lowest BCUT2D eigenvalue weighted by atomic mass is 9.93. The van der Waals surface area contributed by atoms with Crippen molar-refractivity contribution in [2.24, 2.45) is 35.5 Å². The molecule has 8 amide bonds. The smallest absolute Gasteiger partial charge is 0.332 e. The summed E-state index contributed by atoms with van der Waals surface area (Å²) in [5.41, 5.74) is 0.654. The number of anilines is 1. The van der Waals surface area contributed by atoms with Crippen LogP contribution in [0, 0.1) is 35.5 Å². The van der Waals surface area contributed by atoms with Gasteiger partial charge in [-0.25, -0.2) is 9.78 Å². The van der Waals surface area contributed by atoms with Gasteiger partial charge in [-0.3, -0.25) is 43.3 Å². The number of aromatic nitrogens is 2. The first kappa shape index (κ1) is 73.6. The van der Waals surface area contributed by atoms with E-state index in [2.05, 4.69) is 27.8 Å². The number of hydrogen-bond donors (Lipinski definition) is 4. The summed E-state index contributed by atoms with van der Waals surface area (Å²) in [7, 11) is 5.68. The van der Waals surface area contributed by atoms with Crippen LogP contribution in [0.15, 0.2) is 67.0 Å². The number of ether oxygens (including phenoxy) is 1. The van der Waals surface area contributed by atoms with Gasteiger partial charge in [0, 0.05) is 72.1 Å². The number of esters is 1. The number of likely N-dealkylation sites (N-methyl/N-ethyl adjacent to an activating group) is 4. The van der Waals surface area contributed by atoms with Crippen LogP contribution in [0.1, 0.15) is 146 Å². The van der Waals surface area contributed by atoms with Crippen molar-refractivity contribution in [1.82, 2.24) is 50.4 Å². The number of piperidine rings is 1. The van der Waals surface area contributed by atoms with Crippen LogP contribution in [0.4, 0.5) is 5.82 Å². The minimum absolute atomic E-state index is 0.0392. The second-order valence-electron chi connectivity index (χ2n) is 27.8. The van der Waals surface area contributed by atoms with Gasteiger partial charge in [0.2, 0.25) is 41.4 Å². The number of benzene rings is 2. The van der Waals surface area contributed by atoms with Crippen molar-refractivity contribution in [1.29, 1.82) is 0 Å². The van der Waals surface area contributed by atoms with E-state index >= 15 is 28.8 Å². The summed E-state index contributed by atoms with van der Waals surface area (Å²) in [6, 6.07) is 6.14. The van der Waals surface area contributed by atoms with Crippen molar-refractivity contribution in [2.75, 3.05) is 52.7 Å². The highest BCUT2D eigenvalue weighted by Gasteiger charge is 2.48. The van der Waals surface area contributed by atoms with Gasteiger partial charge < -0.3 is 55.2 Å². The molecule has 0 aliphatic carbocycles. The van der Waals surface area contributed by atoms with E-state index in [1.807, 2.05) is 70.2 Å². The predicted octanol–water partition coefficient (Wildman–Crippen LogP) is 6.07. The Morgan fingerprint density at radius 3 is 1.74 bits per heavy atom. The van der Waals surface area contributed by atoms with Gasteiger partial charge in [0.15, 0.2) is 12.1 Å². The van der Waals surface area contributed by atoms with E-state index < -0.39 is 137 Å². The third-order valence-electron chi connectivity index (χ3n) is 18.9. The van der Waals surface area contributed by atoms with Gasteiger partial charge in [-0.1, -0.05) is 131 Å². The molecule has 4 N–H and O–H groups in total. The number of fused-ring (bicyclic) bond motifs is 1. The molecular formula is C70H105N11O11. The number of aliphatic hydroxyl groups is 1. The minimum atomic E-state index is -1.99. The number of nitrogens with zero attached hydrogens (tertiary/aromatic N) is 8. The zero-order chi connectivity index (χ0) is 68.2. The summed E-state index contributed by atoms with van der Waals surface area (Å²) in [5, 5.41) is 20.7. The molecule has 3 aliphatic rings. The average molecular weight is 1280 g/mol. The fourth-order valence-corrected chi connectivity index (χ4v) is 13.1. The van der Waals surface area contributed by atoms with Crippen LogP contribution in [0.2, 0.25) is 0 Å². The maximum Gasteiger partial charge on any atom is 0.332 e. The summed E-state index contributed by atoms with van der Waals surface area (Å²) < 4.78 is 6.15. The fourth-order valence-electron chi connectivity index (χ4n) is 13.1. The standard InChI is InChI=1S/C70H105N11O11/c1-18-45(10)56-67(88)77(15)57(42(5)6)62(83)73-50(35-41(3)4)65(86)79(17)60(70(12,13)91)69(90)92-59(46(11)19-2)68(89)78(16)58(43(7)8)63(84)74-51(37-47-25-21-20-22-26-47)64(85)76(14)54(66(87)81-32-24-29-53(81)61(82)75-56)38-48-27-23-28-49(36-48)52-39-72-55(40-71-52)80-33-30-44(9)31-34-80/h20-23,25-28,36,39-46,50-51,53-54,56-60,91H,18-19,24,29-35,37-38H2,1-17H3,(H,73,83)(H,74,84)(H,75,82)/t45-,46-,50-,51-,53-,54-,56-,57?,58?,59+,60+/m0/s1. The van der Waals surface area contributed by atoms with E-state index in [4.69, 9.17) is 14.7 Å². The summed E-state index contributed by atoms with van der Waals surface area (Å²) >= 11 is 0. The molecule has 3 saturated heterocycles. The molecule has 4 heterocycles. The van der Waals surface area contributed by atoms with Crippen LogP contribution in [0.25, 0.3) is 11.3 Å². The van der Waals surface area contributed by atoms with Gasteiger partial charge >= 0.3 is 5.97 Å². The number of amides is 8. The molecule has 22 nitrogen and oxygen atoms in total. The lowest BCUT2D eigenvalue weighted by Crippen LogP contribution is -2.63. The average Bonchev–Trinajstić information content (AvgIpc) is 1.31. The maximum atomic E-state index is 15.8. The summed E-state index contributed by atoms with van der Waals surface area (Å²) in [5.74, 6) is -7.49. The molecule has 6 rings (SSSR count). The topological polar surface area (TPSA) is 264 Å². The molecule has 0 spiro atoms. The Morgan fingerprint density at radius 2 is 1.18 bits per heavy atom. The highest BCUT2D eigenvalue weighted by atomic mass is 16.6. The number of nitrogens with one attached hydrogen (secondary N) is 3. The number of carbonyl (C=O) groups excluding carboxylic acids is 9. The monoisotopic (exact) mass is 1280 g/mol. The molecule has 1 aromatic heterocycles. The minimum Gasteiger partial charge on any atom is -0.450 e. The second-order valence-corrected chi connectivity index (χ2v) is 27.8. The molecular weight excluding hydrogens is 1170 g/mol. The molecule has 3 aliphatic heterocycles. The first-order valence-electron chi connectivity index (χ1n) is 33.2. The Morgan fingerprint density at radius 1 is 0.609 bits per heavy atom. The highest BCUT2D eigenvalue weighted by Crippen LogP contribution is 2.30. The Hall–Kier alpha value is -7.49. The van der Waals surface area contributed by atoms with Gasteiger partial charge in [-0.05, 0) is 99.2 Å². The maximum absolute atomic E-state index is 15.8. The predicted molar refractivity (Wildman–Crippen MR) is 353 cm³/mol. The van der Waals surface area contributed by atoms with Gasteiger partial charge in [0.1, 0.15) is 48.1 Å². The fraction of sp³-hybridized carbons (Fsp3) is 0.643. The molecule has 2 unspecified atom stereocenters. The van der Waals surface area contributed by atoms with Crippen molar-refractivity contribution < 1.29 is 53.0 Å². The van der Waals surface area contributed by atoms with E-state index in [9.17, 15) is 19.5 Å². The van der Waals surface area contributed by atoms with Gasteiger partial charge in [-0.2, -0.15) is 0 Å². The number of cyclic esters (lactones) is 1. The Kier molecular flexibility index (Phi) is 25.9. The van der Waals surface area contributed by atoms with Crippen molar-refractivity contribution in [3.05, 3.63) is 78.1 Å². The lowest BCUT2D eigenvalue weighted by Gasteiger charge is -2.39. The Labute approximate surface area is 545 Å². The normalized spacial score (nSPS) is 25.7. The van der Waals surface area contributed by atoms with Crippen molar-refractivity contribution in [3.8, 4) is 11.3 Å². The highest BCUT2D eigenvalue weighted by molar-refractivity contribution is 5.99. The second kappa shape index (κ2) is 32.4. The molecule has 0 radical (unpaired) electrons. The first-order chi connectivity index (χ1) is 43.3. The van der Waals surface area contributed by atoms with Crippen LogP contribution in [-0.4, -0.2) is 201 Å². The third kappa shape index (κ3) is 18.0. The Bertz CT molecular complexity index is 3040. The van der Waals surface area contributed by atoms with E-state index in [1.165, 1.54) is 61.6 Å². The van der Waals surface area contributed by atoms with Gasteiger partial charge in [-0.15, -0.1) is 0 Å². The molecule has 92 heavy (non-hydrogen) atoms. The summed E-state index contributed by atoms with van der Waals surface area (Å²) in [4.78, 5) is 155. The van der Waals surface area contributed by atoms with Gasteiger partial charge in [0.25, 0.3) is 5.91 Å². The van der Waals surface area contributed by atoms with Crippen LogP contribution in [0.5, 0.6) is 0 Å². The van der Waals surface area contributed by atoms with Crippen molar-refractivity contribution in [2.45, 2.75) is 208 Å². The van der Waals surface area contributed by atoms with E-state index in [0.29, 0.717) is 47.6 Å². The molecule has 0 saturated carbocycles. The van der Waals surface area contributed by atoms with Crippen LogP contribution in [0.3, 0.4) is 0 Å². The first-order valence-corrected chi connectivity index (χ1v) is 33.2. The van der Waals surface area contributed by atoms with E-state index in [-0.39, 0.29) is 38.1 Å². The Balaban J connectivity index is 1.50. The van der Waals surface area contributed by atoms with Crippen LogP contribution < -0.4 is 20.9 Å². The van der Waals surface area contributed by atoms with Crippen molar-refractivity contribution >= 4 is 59.0 Å². The quantitative estimate of drug-likeness (QED) is 0.126.